The predicted molar refractivity (Wildman–Crippen MR) is 118 cm³/mol. The maximum absolute atomic E-state index is 13.3. The molecule has 0 aromatic heterocycles. The Morgan fingerprint density at radius 1 is 1.10 bits per heavy atom. The van der Waals surface area contributed by atoms with Crippen LogP contribution in [0.4, 0.5) is 11.4 Å². The van der Waals surface area contributed by atoms with Crippen LogP contribution in [0.15, 0.2) is 42.5 Å². The highest BCUT2D eigenvalue weighted by molar-refractivity contribution is 7.91. The Morgan fingerprint density at radius 2 is 1.83 bits per heavy atom. The summed E-state index contributed by atoms with van der Waals surface area (Å²) < 4.78 is 23.8. The molecule has 0 unspecified atom stereocenters. The van der Waals surface area contributed by atoms with E-state index in [0.717, 1.165) is 22.5 Å². The van der Waals surface area contributed by atoms with Gasteiger partial charge in [-0.15, -0.1) is 0 Å². The molecule has 2 aromatic carbocycles. The molecule has 2 aromatic rings. The Balaban J connectivity index is 1.69. The summed E-state index contributed by atoms with van der Waals surface area (Å²) in [5.41, 5.74) is 2.76. The van der Waals surface area contributed by atoms with Crippen molar-refractivity contribution < 1.29 is 18.0 Å². The van der Waals surface area contributed by atoms with Gasteiger partial charge in [-0.05, 0) is 74.1 Å². The Bertz CT molecular complexity index is 1170. The number of fused-ring (bicyclic) bond motifs is 1. The first kappa shape index (κ1) is 20.8. The lowest BCUT2D eigenvalue weighted by Crippen LogP contribution is -2.33. The molecule has 0 N–H and O–H groups in total. The molecular formula is C24H27NO4S. The van der Waals surface area contributed by atoms with Gasteiger partial charge in [0, 0.05) is 17.7 Å². The van der Waals surface area contributed by atoms with Gasteiger partial charge in [0.1, 0.15) is 0 Å². The van der Waals surface area contributed by atoms with E-state index >= 15 is 0 Å². The highest BCUT2D eigenvalue weighted by atomic mass is 32.2. The number of sulfone groups is 1. The number of rotatable bonds is 4. The van der Waals surface area contributed by atoms with E-state index in [1.807, 2.05) is 64.1 Å². The number of hydrogen-bond donors (Lipinski definition) is 0. The molecule has 4 rings (SSSR count). The van der Waals surface area contributed by atoms with Crippen molar-refractivity contribution in [3.63, 3.8) is 0 Å². The SMILES string of the molecule is Cc1cccc(N2C(=O)C(C)(C)c3cc(C(=O)C[C@@]4(C)CCS(=O)(=O)C4)ccc32)c1. The second kappa shape index (κ2) is 6.77. The van der Waals surface area contributed by atoms with Crippen molar-refractivity contribution in [3.05, 3.63) is 59.2 Å². The van der Waals surface area contributed by atoms with Crippen molar-refractivity contribution in [1.82, 2.24) is 0 Å². The molecule has 5 nitrogen and oxygen atoms in total. The summed E-state index contributed by atoms with van der Waals surface area (Å²) in [5.74, 6) is 0.103. The van der Waals surface area contributed by atoms with Gasteiger partial charge in [0.15, 0.2) is 15.6 Å². The van der Waals surface area contributed by atoms with Gasteiger partial charge in [-0.1, -0.05) is 19.1 Å². The Labute approximate surface area is 178 Å². The molecule has 1 fully saturated rings. The first-order chi connectivity index (χ1) is 13.9. The summed E-state index contributed by atoms with van der Waals surface area (Å²) in [6, 6.07) is 13.2. The molecule has 0 radical (unpaired) electrons. The topological polar surface area (TPSA) is 71.5 Å². The van der Waals surface area contributed by atoms with E-state index < -0.39 is 20.7 Å². The number of benzene rings is 2. The monoisotopic (exact) mass is 425 g/mol. The lowest BCUT2D eigenvalue weighted by molar-refractivity contribution is -0.121. The van der Waals surface area contributed by atoms with Crippen LogP contribution < -0.4 is 4.90 Å². The average molecular weight is 426 g/mol. The smallest absolute Gasteiger partial charge is 0.241 e. The summed E-state index contributed by atoms with van der Waals surface area (Å²) >= 11 is 0. The molecule has 2 heterocycles. The van der Waals surface area contributed by atoms with E-state index in [2.05, 4.69) is 0 Å². The predicted octanol–water partition coefficient (Wildman–Crippen LogP) is 4.35. The van der Waals surface area contributed by atoms with Gasteiger partial charge in [-0.2, -0.15) is 0 Å². The maximum atomic E-state index is 13.3. The zero-order chi connectivity index (χ0) is 21.9. The van der Waals surface area contributed by atoms with Crippen LogP contribution in [0, 0.1) is 12.3 Å². The summed E-state index contributed by atoms with van der Waals surface area (Å²) in [6.45, 7) is 7.61. The van der Waals surface area contributed by atoms with Crippen LogP contribution in [0.3, 0.4) is 0 Å². The van der Waals surface area contributed by atoms with Crippen LogP contribution in [0.5, 0.6) is 0 Å². The third-order valence-corrected chi connectivity index (χ3v) is 8.37. The Hall–Kier alpha value is -2.47. The molecule has 2 aliphatic heterocycles. The minimum absolute atomic E-state index is 0.0263. The van der Waals surface area contributed by atoms with E-state index in [4.69, 9.17) is 0 Å². The fourth-order valence-corrected chi connectivity index (χ4v) is 6.90. The molecule has 1 saturated heterocycles. The summed E-state index contributed by atoms with van der Waals surface area (Å²) in [6.07, 6.45) is 0.706. The van der Waals surface area contributed by atoms with E-state index in [0.29, 0.717) is 12.0 Å². The minimum atomic E-state index is -3.06. The van der Waals surface area contributed by atoms with Crippen molar-refractivity contribution in [2.24, 2.45) is 5.41 Å². The molecule has 0 aliphatic carbocycles. The first-order valence-electron chi connectivity index (χ1n) is 10.2. The molecule has 0 bridgehead atoms. The van der Waals surface area contributed by atoms with Crippen molar-refractivity contribution in [2.75, 3.05) is 16.4 Å². The van der Waals surface area contributed by atoms with E-state index in [-0.39, 0.29) is 29.6 Å². The van der Waals surface area contributed by atoms with Gasteiger partial charge in [-0.3, -0.25) is 14.5 Å². The van der Waals surface area contributed by atoms with Crippen LogP contribution in [-0.4, -0.2) is 31.6 Å². The molecule has 0 saturated carbocycles. The standard InChI is InChI=1S/C24H27NO4S/c1-16-6-5-7-18(12-16)25-20-9-8-17(13-19(20)23(2,3)22(25)27)21(26)14-24(4)10-11-30(28,29)15-24/h5-9,12-13H,10-11,14-15H2,1-4H3/t24-/m1/s1. The average Bonchev–Trinajstić information content (AvgIpc) is 3.04. The van der Waals surface area contributed by atoms with E-state index in [1.165, 1.54) is 0 Å². The summed E-state index contributed by atoms with van der Waals surface area (Å²) in [7, 11) is -3.06. The number of hydrogen-bond acceptors (Lipinski definition) is 4. The first-order valence-corrected chi connectivity index (χ1v) is 12.0. The van der Waals surface area contributed by atoms with Crippen LogP contribution in [0.1, 0.15) is 55.1 Å². The molecule has 30 heavy (non-hydrogen) atoms. The zero-order valence-corrected chi connectivity index (χ0v) is 18.7. The van der Waals surface area contributed by atoms with Gasteiger partial charge >= 0.3 is 0 Å². The molecular weight excluding hydrogens is 398 g/mol. The van der Waals surface area contributed by atoms with Crippen molar-refractivity contribution in [1.29, 1.82) is 0 Å². The van der Waals surface area contributed by atoms with E-state index in [9.17, 15) is 18.0 Å². The number of ketones is 1. The maximum Gasteiger partial charge on any atom is 0.241 e. The van der Waals surface area contributed by atoms with Gasteiger partial charge in [0.2, 0.25) is 5.91 Å². The molecule has 0 spiro atoms. The normalized spacial score (nSPS) is 24.1. The van der Waals surface area contributed by atoms with Crippen molar-refractivity contribution in [3.8, 4) is 0 Å². The summed E-state index contributed by atoms with van der Waals surface area (Å²) in [5, 5.41) is 0. The molecule has 1 atom stereocenters. The molecule has 1 amide bonds. The number of nitrogens with zero attached hydrogens (tertiary/aromatic N) is 1. The second-order valence-corrected chi connectivity index (χ2v) is 11.8. The fraction of sp³-hybridized carbons (Fsp3) is 0.417. The number of amides is 1. The zero-order valence-electron chi connectivity index (χ0n) is 17.9. The highest BCUT2D eigenvalue weighted by Crippen LogP contribution is 2.46. The highest BCUT2D eigenvalue weighted by Gasteiger charge is 2.45. The van der Waals surface area contributed by atoms with Gasteiger partial charge in [0.05, 0.1) is 22.6 Å². The molecule has 6 heteroatoms. The third-order valence-electron chi connectivity index (χ3n) is 6.40. The number of carbonyl (C=O) groups is 2. The quantitative estimate of drug-likeness (QED) is 0.683. The Kier molecular flexibility index (Phi) is 4.69. The number of aryl methyl sites for hydroxylation is 1. The number of anilines is 2. The van der Waals surface area contributed by atoms with Gasteiger partial charge < -0.3 is 0 Å². The molecule has 2 aliphatic rings. The van der Waals surface area contributed by atoms with Crippen LogP contribution >= 0.6 is 0 Å². The van der Waals surface area contributed by atoms with Gasteiger partial charge in [-0.25, -0.2) is 8.42 Å². The van der Waals surface area contributed by atoms with Crippen molar-refractivity contribution in [2.45, 2.75) is 46.0 Å². The largest absolute Gasteiger partial charge is 0.294 e. The number of carbonyl (C=O) groups excluding carboxylic acids is 2. The molecule has 158 valence electrons. The summed E-state index contributed by atoms with van der Waals surface area (Å²) in [4.78, 5) is 28.0. The lowest BCUT2D eigenvalue weighted by Gasteiger charge is -2.21. The number of Topliss-reactive ketones (excluding diaryl/α,β-unsaturated/α-hetero) is 1. The third kappa shape index (κ3) is 3.47. The van der Waals surface area contributed by atoms with Crippen molar-refractivity contribution >= 4 is 32.9 Å². The van der Waals surface area contributed by atoms with Crippen LogP contribution in [0.2, 0.25) is 0 Å². The fourth-order valence-electron chi connectivity index (χ4n) is 4.64. The minimum Gasteiger partial charge on any atom is -0.294 e. The van der Waals surface area contributed by atoms with Crippen LogP contribution in [-0.2, 0) is 20.0 Å². The lowest BCUT2D eigenvalue weighted by atomic mass is 9.81. The Morgan fingerprint density at radius 3 is 2.47 bits per heavy atom. The second-order valence-electron chi connectivity index (χ2n) is 9.59. The van der Waals surface area contributed by atoms with Crippen LogP contribution in [0.25, 0.3) is 0 Å². The van der Waals surface area contributed by atoms with Gasteiger partial charge in [0.25, 0.3) is 0 Å². The van der Waals surface area contributed by atoms with E-state index in [1.54, 1.807) is 11.0 Å².